The SMILES string of the molecule is COCCCCN1CCCNC(C2CC2)C1. The van der Waals surface area contributed by atoms with Gasteiger partial charge in [0.1, 0.15) is 0 Å². The van der Waals surface area contributed by atoms with Crippen molar-refractivity contribution < 1.29 is 4.74 Å². The van der Waals surface area contributed by atoms with E-state index in [1.165, 1.54) is 58.3 Å². The molecule has 0 aromatic rings. The zero-order valence-corrected chi connectivity index (χ0v) is 10.6. The fourth-order valence-corrected chi connectivity index (χ4v) is 2.62. The second-order valence-corrected chi connectivity index (χ2v) is 5.25. The molecule has 1 saturated heterocycles. The molecule has 2 rings (SSSR count). The molecule has 3 heteroatoms. The predicted octanol–water partition coefficient (Wildman–Crippen LogP) is 1.49. The fraction of sp³-hybridized carbons (Fsp3) is 1.00. The Balaban J connectivity index is 1.66. The van der Waals surface area contributed by atoms with Crippen molar-refractivity contribution in [2.75, 3.05) is 39.9 Å². The van der Waals surface area contributed by atoms with Crippen LogP contribution in [0.5, 0.6) is 0 Å². The van der Waals surface area contributed by atoms with E-state index in [1.807, 2.05) is 0 Å². The third kappa shape index (κ3) is 4.04. The summed E-state index contributed by atoms with van der Waals surface area (Å²) in [6.45, 7) is 5.95. The summed E-state index contributed by atoms with van der Waals surface area (Å²) in [5.41, 5.74) is 0. The molecule has 2 fully saturated rings. The molecule has 1 atom stereocenters. The summed E-state index contributed by atoms with van der Waals surface area (Å²) in [5.74, 6) is 0.986. The van der Waals surface area contributed by atoms with Crippen molar-refractivity contribution >= 4 is 0 Å². The van der Waals surface area contributed by atoms with Gasteiger partial charge in [-0.05, 0) is 57.7 Å². The number of rotatable bonds is 6. The number of hydrogen-bond donors (Lipinski definition) is 1. The maximum absolute atomic E-state index is 5.09. The molecule has 1 saturated carbocycles. The molecule has 1 unspecified atom stereocenters. The smallest absolute Gasteiger partial charge is 0.0462 e. The zero-order chi connectivity index (χ0) is 11.2. The van der Waals surface area contributed by atoms with Crippen molar-refractivity contribution in [1.29, 1.82) is 0 Å². The monoisotopic (exact) mass is 226 g/mol. The number of hydrogen-bond acceptors (Lipinski definition) is 3. The molecule has 94 valence electrons. The van der Waals surface area contributed by atoms with Crippen LogP contribution in [-0.4, -0.2) is 50.8 Å². The third-order valence-corrected chi connectivity index (χ3v) is 3.78. The van der Waals surface area contributed by atoms with Crippen LogP contribution in [-0.2, 0) is 4.74 Å². The topological polar surface area (TPSA) is 24.5 Å². The Bertz CT molecular complexity index is 194. The summed E-state index contributed by atoms with van der Waals surface area (Å²) in [7, 11) is 1.79. The third-order valence-electron chi connectivity index (χ3n) is 3.78. The van der Waals surface area contributed by atoms with Crippen LogP contribution < -0.4 is 5.32 Å². The van der Waals surface area contributed by atoms with Crippen molar-refractivity contribution in [2.24, 2.45) is 5.92 Å². The lowest BCUT2D eigenvalue weighted by Gasteiger charge is -2.24. The number of ether oxygens (including phenoxy) is 1. The molecular weight excluding hydrogens is 200 g/mol. The highest BCUT2D eigenvalue weighted by molar-refractivity contribution is 4.89. The van der Waals surface area contributed by atoms with E-state index in [0.29, 0.717) is 0 Å². The van der Waals surface area contributed by atoms with E-state index in [9.17, 15) is 0 Å². The van der Waals surface area contributed by atoms with Gasteiger partial charge in [-0.2, -0.15) is 0 Å². The molecule has 0 amide bonds. The Kier molecular flexibility index (Phi) is 5.07. The van der Waals surface area contributed by atoms with Gasteiger partial charge in [0.05, 0.1) is 0 Å². The minimum atomic E-state index is 0.782. The first kappa shape index (κ1) is 12.3. The molecule has 1 aliphatic heterocycles. The van der Waals surface area contributed by atoms with Crippen LogP contribution in [0.15, 0.2) is 0 Å². The minimum Gasteiger partial charge on any atom is -0.385 e. The Morgan fingerprint density at radius 1 is 1.31 bits per heavy atom. The molecule has 1 heterocycles. The Labute approximate surface area is 99.5 Å². The Morgan fingerprint density at radius 3 is 2.94 bits per heavy atom. The lowest BCUT2D eigenvalue weighted by atomic mass is 10.1. The van der Waals surface area contributed by atoms with E-state index >= 15 is 0 Å². The van der Waals surface area contributed by atoms with Crippen molar-refractivity contribution in [3.8, 4) is 0 Å². The summed E-state index contributed by atoms with van der Waals surface area (Å²) < 4.78 is 5.09. The van der Waals surface area contributed by atoms with Gasteiger partial charge in [0.15, 0.2) is 0 Å². The summed E-state index contributed by atoms with van der Waals surface area (Å²) in [6.07, 6.45) is 6.71. The van der Waals surface area contributed by atoms with Gasteiger partial charge in [0.25, 0.3) is 0 Å². The molecule has 0 aromatic heterocycles. The van der Waals surface area contributed by atoms with Crippen molar-refractivity contribution in [3.63, 3.8) is 0 Å². The molecule has 0 aromatic carbocycles. The molecule has 0 bridgehead atoms. The van der Waals surface area contributed by atoms with Crippen LogP contribution in [0.2, 0.25) is 0 Å². The maximum Gasteiger partial charge on any atom is 0.0462 e. The summed E-state index contributed by atoms with van der Waals surface area (Å²) in [4.78, 5) is 2.65. The van der Waals surface area contributed by atoms with Crippen LogP contribution in [0, 0.1) is 5.92 Å². The van der Waals surface area contributed by atoms with E-state index in [4.69, 9.17) is 4.74 Å². The average molecular weight is 226 g/mol. The van der Waals surface area contributed by atoms with Crippen LogP contribution in [0.3, 0.4) is 0 Å². The predicted molar refractivity (Wildman–Crippen MR) is 66.7 cm³/mol. The first-order valence-corrected chi connectivity index (χ1v) is 6.85. The first-order chi connectivity index (χ1) is 7.90. The molecule has 1 aliphatic carbocycles. The molecule has 1 N–H and O–H groups in total. The average Bonchev–Trinajstić information content (AvgIpc) is 3.10. The first-order valence-electron chi connectivity index (χ1n) is 6.85. The van der Waals surface area contributed by atoms with Gasteiger partial charge in [0, 0.05) is 26.3 Å². The summed E-state index contributed by atoms with van der Waals surface area (Å²) >= 11 is 0. The van der Waals surface area contributed by atoms with E-state index in [2.05, 4.69) is 10.2 Å². The van der Waals surface area contributed by atoms with E-state index < -0.39 is 0 Å². The van der Waals surface area contributed by atoms with Crippen molar-refractivity contribution in [2.45, 2.75) is 38.1 Å². The quantitative estimate of drug-likeness (QED) is 0.694. The normalized spacial score (nSPS) is 27.9. The van der Waals surface area contributed by atoms with Gasteiger partial charge in [0.2, 0.25) is 0 Å². The molecule has 16 heavy (non-hydrogen) atoms. The van der Waals surface area contributed by atoms with Gasteiger partial charge < -0.3 is 15.0 Å². The van der Waals surface area contributed by atoms with Crippen LogP contribution in [0.4, 0.5) is 0 Å². The van der Waals surface area contributed by atoms with Gasteiger partial charge >= 0.3 is 0 Å². The zero-order valence-electron chi connectivity index (χ0n) is 10.6. The number of nitrogens with one attached hydrogen (secondary N) is 1. The minimum absolute atomic E-state index is 0.782. The number of nitrogens with zero attached hydrogens (tertiary/aromatic N) is 1. The largest absolute Gasteiger partial charge is 0.385 e. The standard InChI is InChI=1S/C13H26N2O/c1-16-10-3-2-8-15-9-4-7-14-13(11-15)12-5-6-12/h12-14H,2-11H2,1H3. The highest BCUT2D eigenvalue weighted by Gasteiger charge is 2.32. The summed E-state index contributed by atoms with van der Waals surface area (Å²) in [5, 5.41) is 3.71. The van der Waals surface area contributed by atoms with Crippen LogP contribution in [0.25, 0.3) is 0 Å². The van der Waals surface area contributed by atoms with Crippen LogP contribution in [0.1, 0.15) is 32.1 Å². The van der Waals surface area contributed by atoms with Crippen molar-refractivity contribution in [1.82, 2.24) is 10.2 Å². The lowest BCUT2D eigenvalue weighted by molar-refractivity contribution is 0.182. The molecule has 3 nitrogen and oxygen atoms in total. The van der Waals surface area contributed by atoms with Gasteiger partial charge in [-0.3, -0.25) is 0 Å². The summed E-state index contributed by atoms with van der Waals surface area (Å²) in [6, 6.07) is 0.782. The molecule has 0 spiro atoms. The van der Waals surface area contributed by atoms with Gasteiger partial charge in [-0.25, -0.2) is 0 Å². The highest BCUT2D eigenvalue weighted by Crippen LogP contribution is 2.33. The van der Waals surface area contributed by atoms with E-state index in [0.717, 1.165) is 18.6 Å². The van der Waals surface area contributed by atoms with Crippen LogP contribution >= 0.6 is 0 Å². The molecule has 0 radical (unpaired) electrons. The number of methoxy groups -OCH3 is 1. The fourth-order valence-electron chi connectivity index (χ4n) is 2.62. The number of unbranched alkanes of at least 4 members (excludes halogenated alkanes) is 1. The maximum atomic E-state index is 5.09. The van der Waals surface area contributed by atoms with Gasteiger partial charge in [-0.1, -0.05) is 0 Å². The second-order valence-electron chi connectivity index (χ2n) is 5.25. The Hall–Kier alpha value is -0.120. The molecule has 2 aliphatic rings. The Morgan fingerprint density at radius 2 is 2.19 bits per heavy atom. The van der Waals surface area contributed by atoms with Crippen molar-refractivity contribution in [3.05, 3.63) is 0 Å². The molecular formula is C13H26N2O. The van der Waals surface area contributed by atoms with Gasteiger partial charge in [-0.15, -0.1) is 0 Å². The van der Waals surface area contributed by atoms with E-state index in [-0.39, 0.29) is 0 Å². The van der Waals surface area contributed by atoms with E-state index in [1.54, 1.807) is 7.11 Å². The second kappa shape index (κ2) is 6.58. The lowest BCUT2D eigenvalue weighted by Crippen LogP contribution is -2.39. The highest BCUT2D eigenvalue weighted by atomic mass is 16.5.